The Balaban J connectivity index is 1.79. The van der Waals surface area contributed by atoms with Crippen molar-refractivity contribution in [3.05, 3.63) is 71.8 Å². The number of amides is 1. The number of carboxylic acids is 1. The summed E-state index contributed by atoms with van der Waals surface area (Å²) in [6.45, 7) is 5.06. The number of nitrogens with zero attached hydrogens (tertiary/aromatic N) is 1. The summed E-state index contributed by atoms with van der Waals surface area (Å²) in [6, 6.07) is 19.3. The first-order valence-corrected chi connectivity index (χ1v) is 9.58. The van der Waals surface area contributed by atoms with Gasteiger partial charge in [0.1, 0.15) is 0 Å². The van der Waals surface area contributed by atoms with Gasteiger partial charge in [0.15, 0.2) is 0 Å². The first-order chi connectivity index (χ1) is 13.0. The lowest BCUT2D eigenvalue weighted by Crippen LogP contribution is -2.50. The molecule has 0 aromatic heterocycles. The van der Waals surface area contributed by atoms with Crippen LogP contribution in [0.1, 0.15) is 43.7 Å². The molecule has 2 aromatic carbocycles. The molecular formula is C23H27NO3. The average Bonchev–Trinajstić information content (AvgIpc) is 2.69. The van der Waals surface area contributed by atoms with E-state index in [1.165, 1.54) is 0 Å². The summed E-state index contributed by atoms with van der Waals surface area (Å²) in [5, 5.41) is 9.94. The molecule has 2 aromatic rings. The number of hydrogen-bond acceptors (Lipinski definition) is 2. The van der Waals surface area contributed by atoms with Crippen molar-refractivity contribution in [1.29, 1.82) is 0 Å². The molecule has 1 amide bonds. The third-order valence-electron chi connectivity index (χ3n) is 5.76. The van der Waals surface area contributed by atoms with E-state index in [1.54, 1.807) is 0 Å². The second-order valence-corrected chi connectivity index (χ2v) is 7.71. The van der Waals surface area contributed by atoms with Gasteiger partial charge in [-0.05, 0) is 29.9 Å². The number of rotatable bonds is 5. The lowest BCUT2D eigenvalue weighted by atomic mass is 9.72. The fourth-order valence-electron chi connectivity index (χ4n) is 4.16. The lowest BCUT2D eigenvalue weighted by molar-refractivity contribution is -0.148. The van der Waals surface area contributed by atoms with E-state index in [9.17, 15) is 14.7 Å². The van der Waals surface area contributed by atoms with Gasteiger partial charge < -0.3 is 10.0 Å². The van der Waals surface area contributed by atoms with E-state index >= 15 is 0 Å². The van der Waals surface area contributed by atoms with Crippen molar-refractivity contribution in [3.8, 4) is 0 Å². The van der Waals surface area contributed by atoms with E-state index in [-0.39, 0.29) is 17.7 Å². The molecule has 1 atom stereocenters. The van der Waals surface area contributed by atoms with Gasteiger partial charge in [0.25, 0.3) is 0 Å². The molecule has 0 spiro atoms. The minimum absolute atomic E-state index is 0.100. The zero-order valence-electron chi connectivity index (χ0n) is 16.0. The van der Waals surface area contributed by atoms with Crippen LogP contribution in [-0.2, 0) is 15.0 Å². The summed E-state index contributed by atoms with van der Waals surface area (Å²) in [4.78, 5) is 27.2. The normalized spacial score (nSPS) is 17.5. The highest BCUT2D eigenvalue weighted by Gasteiger charge is 2.44. The van der Waals surface area contributed by atoms with Gasteiger partial charge >= 0.3 is 5.97 Å². The minimum Gasteiger partial charge on any atom is -0.481 e. The third-order valence-corrected chi connectivity index (χ3v) is 5.76. The Kier molecular flexibility index (Phi) is 5.64. The Morgan fingerprint density at radius 2 is 1.44 bits per heavy atom. The van der Waals surface area contributed by atoms with Gasteiger partial charge in [0.2, 0.25) is 5.91 Å². The molecule has 1 unspecified atom stereocenters. The highest BCUT2D eigenvalue weighted by atomic mass is 16.4. The van der Waals surface area contributed by atoms with Crippen molar-refractivity contribution in [2.75, 3.05) is 13.1 Å². The van der Waals surface area contributed by atoms with Crippen molar-refractivity contribution in [3.63, 3.8) is 0 Å². The Labute approximate surface area is 160 Å². The van der Waals surface area contributed by atoms with Crippen molar-refractivity contribution in [2.24, 2.45) is 5.92 Å². The highest BCUT2D eigenvalue weighted by molar-refractivity contribution is 5.85. The Bertz CT molecular complexity index is 778. The van der Waals surface area contributed by atoms with Crippen LogP contribution in [0.2, 0.25) is 0 Å². The molecule has 0 radical (unpaired) electrons. The SMILES string of the molecule is CC(C)C(C(=O)N1CCC(C(=O)O)(c2ccccc2)CC1)c1ccccc1. The van der Waals surface area contributed by atoms with Crippen molar-refractivity contribution in [2.45, 2.75) is 38.0 Å². The predicted molar refractivity (Wildman–Crippen MR) is 106 cm³/mol. The van der Waals surface area contributed by atoms with Gasteiger partial charge in [-0.15, -0.1) is 0 Å². The van der Waals surface area contributed by atoms with Crippen LogP contribution in [0.15, 0.2) is 60.7 Å². The average molecular weight is 365 g/mol. The van der Waals surface area contributed by atoms with E-state index < -0.39 is 11.4 Å². The number of carbonyl (C=O) groups excluding carboxylic acids is 1. The maximum absolute atomic E-state index is 13.2. The van der Waals surface area contributed by atoms with Crippen LogP contribution >= 0.6 is 0 Å². The van der Waals surface area contributed by atoms with Crippen LogP contribution < -0.4 is 0 Å². The molecule has 0 saturated carbocycles. The molecule has 27 heavy (non-hydrogen) atoms. The number of benzene rings is 2. The van der Waals surface area contributed by atoms with E-state index in [0.29, 0.717) is 25.9 Å². The quantitative estimate of drug-likeness (QED) is 0.869. The Morgan fingerprint density at radius 3 is 1.93 bits per heavy atom. The maximum atomic E-state index is 13.2. The highest BCUT2D eigenvalue weighted by Crippen LogP contribution is 2.37. The van der Waals surface area contributed by atoms with Gasteiger partial charge in [-0.2, -0.15) is 0 Å². The van der Waals surface area contributed by atoms with E-state index in [0.717, 1.165) is 11.1 Å². The summed E-state index contributed by atoms with van der Waals surface area (Å²) < 4.78 is 0. The number of piperidine rings is 1. The second-order valence-electron chi connectivity index (χ2n) is 7.71. The van der Waals surface area contributed by atoms with Crippen LogP contribution in [-0.4, -0.2) is 35.0 Å². The Morgan fingerprint density at radius 1 is 0.926 bits per heavy atom. The molecule has 1 fully saturated rings. The van der Waals surface area contributed by atoms with E-state index in [2.05, 4.69) is 13.8 Å². The van der Waals surface area contributed by atoms with Crippen molar-refractivity contribution in [1.82, 2.24) is 4.90 Å². The number of carboxylic acid groups (broad SMARTS) is 1. The maximum Gasteiger partial charge on any atom is 0.314 e. The third kappa shape index (κ3) is 3.75. The molecule has 1 N–H and O–H groups in total. The zero-order chi connectivity index (χ0) is 19.4. The molecule has 1 heterocycles. The molecular weight excluding hydrogens is 338 g/mol. The van der Waals surface area contributed by atoms with Crippen LogP contribution in [0.4, 0.5) is 0 Å². The van der Waals surface area contributed by atoms with Gasteiger partial charge in [0, 0.05) is 13.1 Å². The smallest absolute Gasteiger partial charge is 0.314 e. The summed E-state index contributed by atoms with van der Waals surface area (Å²) in [6.07, 6.45) is 0.884. The number of likely N-dealkylation sites (tertiary alicyclic amines) is 1. The fourth-order valence-corrected chi connectivity index (χ4v) is 4.16. The molecule has 142 valence electrons. The number of hydrogen-bond donors (Lipinski definition) is 1. The molecule has 4 heteroatoms. The molecule has 3 rings (SSSR count). The lowest BCUT2D eigenvalue weighted by Gasteiger charge is -2.40. The fraction of sp³-hybridized carbons (Fsp3) is 0.391. The monoisotopic (exact) mass is 365 g/mol. The summed E-state index contributed by atoms with van der Waals surface area (Å²) in [7, 11) is 0. The second kappa shape index (κ2) is 7.95. The van der Waals surface area contributed by atoms with Gasteiger partial charge in [-0.3, -0.25) is 9.59 Å². The largest absolute Gasteiger partial charge is 0.481 e. The Hall–Kier alpha value is -2.62. The topological polar surface area (TPSA) is 57.6 Å². The van der Waals surface area contributed by atoms with Crippen LogP contribution in [0.3, 0.4) is 0 Å². The molecule has 1 saturated heterocycles. The standard InChI is InChI=1S/C23H27NO3/c1-17(2)20(18-9-5-3-6-10-18)21(25)24-15-13-23(14-16-24,22(26)27)19-11-7-4-8-12-19/h3-12,17,20H,13-16H2,1-2H3,(H,26,27). The predicted octanol–water partition coefficient (Wildman–Crippen LogP) is 4.07. The van der Waals surface area contributed by atoms with Crippen LogP contribution in [0.5, 0.6) is 0 Å². The number of aliphatic carboxylic acids is 1. The molecule has 0 bridgehead atoms. The van der Waals surface area contributed by atoms with Gasteiger partial charge in [0.05, 0.1) is 11.3 Å². The minimum atomic E-state index is -0.905. The molecule has 4 nitrogen and oxygen atoms in total. The first kappa shape index (κ1) is 19.2. The van der Waals surface area contributed by atoms with E-state index in [1.807, 2.05) is 65.6 Å². The van der Waals surface area contributed by atoms with Gasteiger partial charge in [-0.1, -0.05) is 74.5 Å². The zero-order valence-corrected chi connectivity index (χ0v) is 16.0. The number of carbonyl (C=O) groups is 2. The summed E-state index contributed by atoms with van der Waals surface area (Å²) in [5.74, 6) is -0.715. The van der Waals surface area contributed by atoms with Crippen molar-refractivity contribution >= 4 is 11.9 Å². The van der Waals surface area contributed by atoms with E-state index in [4.69, 9.17) is 0 Å². The van der Waals surface area contributed by atoms with Gasteiger partial charge in [-0.25, -0.2) is 0 Å². The summed E-state index contributed by atoms with van der Waals surface area (Å²) in [5.41, 5.74) is 0.946. The molecule has 0 aliphatic carbocycles. The molecule has 1 aliphatic rings. The first-order valence-electron chi connectivity index (χ1n) is 9.58. The van der Waals surface area contributed by atoms with Crippen LogP contribution in [0, 0.1) is 5.92 Å². The summed E-state index contributed by atoms with van der Waals surface area (Å²) >= 11 is 0. The molecule has 1 aliphatic heterocycles. The van der Waals surface area contributed by atoms with Crippen molar-refractivity contribution < 1.29 is 14.7 Å². The van der Waals surface area contributed by atoms with Crippen LogP contribution in [0.25, 0.3) is 0 Å².